The molecule has 0 fully saturated rings. The highest BCUT2D eigenvalue weighted by Crippen LogP contribution is 2.13. The van der Waals surface area contributed by atoms with Crippen LogP contribution in [0.1, 0.15) is 25.3 Å². The Balaban J connectivity index is 2.28. The normalized spacial score (nSPS) is 11.9. The van der Waals surface area contributed by atoms with Crippen LogP contribution in [0, 0.1) is 0 Å². The van der Waals surface area contributed by atoms with E-state index in [1.54, 1.807) is 7.11 Å². The first kappa shape index (κ1) is 14.5. The number of hydrogen-bond donors (Lipinski definition) is 2. The van der Waals surface area contributed by atoms with Crippen LogP contribution in [0.2, 0.25) is 0 Å². The summed E-state index contributed by atoms with van der Waals surface area (Å²) in [5.41, 5.74) is 3.17. The molecular formula is C13H20N2O3. The molecular weight excluding hydrogens is 232 g/mol. The van der Waals surface area contributed by atoms with Crippen molar-refractivity contribution in [2.45, 2.75) is 32.5 Å². The molecule has 0 saturated carbocycles. The van der Waals surface area contributed by atoms with Crippen molar-refractivity contribution in [1.29, 1.82) is 0 Å². The number of amides is 1. The number of carbonyl (C=O) groups is 1. The fourth-order valence-electron chi connectivity index (χ4n) is 1.45. The third-order valence-electron chi connectivity index (χ3n) is 2.63. The molecule has 1 aromatic carbocycles. The number of ether oxygens (including phenoxy) is 2. The number of hydrazine groups is 1. The topological polar surface area (TPSA) is 73.6 Å². The van der Waals surface area contributed by atoms with Crippen molar-refractivity contribution < 1.29 is 14.3 Å². The molecule has 0 aliphatic rings. The summed E-state index contributed by atoms with van der Waals surface area (Å²) in [7, 11) is 1.63. The van der Waals surface area contributed by atoms with E-state index in [9.17, 15) is 4.79 Å². The quantitative estimate of drug-likeness (QED) is 0.436. The van der Waals surface area contributed by atoms with Gasteiger partial charge in [0.15, 0.2) is 0 Å². The molecule has 18 heavy (non-hydrogen) atoms. The number of methoxy groups -OCH3 is 1. The Morgan fingerprint density at radius 1 is 1.39 bits per heavy atom. The van der Waals surface area contributed by atoms with Crippen molar-refractivity contribution in [2.75, 3.05) is 7.11 Å². The summed E-state index contributed by atoms with van der Waals surface area (Å²) < 4.78 is 10.7. The van der Waals surface area contributed by atoms with Crippen LogP contribution in [0.25, 0.3) is 0 Å². The minimum absolute atomic E-state index is 0.0180. The monoisotopic (exact) mass is 252 g/mol. The molecule has 0 aliphatic carbocycles. The highest BCUT2D eigenvalue weighted by Gasteiger charge is 2.06. The largest absolute Gasteiger partial charge is 0.497 e. The molecule has 0 bridgehead atoms. The van der Waals surface area contributed by atoms with E-state index in [0.29, 0.717) is 19.4 Å². The predicted molar refractivity (Wildman–Crippen MR) is 68.8 cm³/mol. The molecule has 1 unspecified atom stereocenters. The lowest BCUT2D eigenvalue weighted by molar-refractivity contribution is -0.121. The van der Waals surface area contributed by atoms with E-state index in [0.717, 1.165) is 11.3 Å². The molecule has 3 N–H and O–H groups in total. The fourth-order valence-corrected chi connectivity index (χ4v) is 1.45. The van der Waals surface area contributed by atoms with Gasteiger partial charge in [-0.15, -0.1) is 0 Å². The lowest BCUT2D eigenvalue weighted by Gasteiger charge is -2.12. The van der Waals surface area contributed by atoms with E-state index in [-0.39, 0.29) is 12.0 Å². The number of nitrogens with one attached hydrogen (secondary N) is 1. The number of carbonyl (C=O) groups excluding carboxylic acids is 1. The van der Waals surface area contributed by atoms with Crippen LogP contribution in [-0.4, -0.2) is 19.1 Å². The van der Waals surface area contributed by atoms with Crippen molar-refractivity contribution in [2.24, 2.45) is 5.84 Å². The first-order valence-electron chi connectivity index (χ1n) is 5.89. The van der Waals surface area contributed by atoms with Gasteiger partial charge in [-0.1, -0.05) is 12.1 Å². The van der Waals surface area contributed by atoms with E-state index >= 15 is 0 Å². The van der Waals surface area contributed by atoms with Crippen molar-refractivity contribution in [3.05, 3.63) is 29.8 Å². The molecule has 0 heterocycles. The second kappa shape index (κ2) is 7.68. The second-order valence-corrected chi connectivity index (χ2v) is 4.08. The van der Waals surface area contributed by atoms with Crippen LogP contribution in [0.4, 0.5) is 0 Å². The van der Waals surface area contributed by atoms with Crippen molar-refractivity contribution in [3.63, 3.8) is 0 Å². The number of hydrogen-bond acceptors (Lipinski definition) is 4. The van der Waals surface area contributed by atoms with Crippen LogP contribution in [0.15, 0.2) is 24.3 Å². The second-order valence-electron chi connectivity index (χ2n) is 4.08. The summed E-state index contributed by atoms with van der Waals surface area (Å²) in [4.78, 5) is 11.0. The Hall–Kier alpha value is -1.59. The molecule has 5 heteroatoms. The summed E-state index contributed by atoms with van der Waals surface area (Å²) >= 11 is 0. The first-order valence-corrected chi connectivity index (χ1v) is 5.89. The molecule has 0 aromatic heterocycles. The predicted octanol–water partition coefficient (Wildman–Crippen LogP) is 1.37. The average Bonchev–Trinajstić information content (AvgIpc) is 2.42. The van der Waals surface area contributed by atoms with E-state index < -0.39 is 0 Å². The molecule has 0 saturated heterocycles. The van der Waals surface area contributed by atoms with Gasteiger partial charge >= 0.3 is 0 Å². The van der Waals surface area contributed by atoms with Crippen LogP contribution < -0.4 is 16.0 Å². The molecule has 1 atom stereocenters. The SMILES string of the molecule is COc1ccc(COC(C)CCC(=O)NN)cc1. The maximum atomic E-state index is 11.0. The van der Waals surface area contributed by atoms with Gasteiger partial charge in [0.05, 0.1) is 19.8 Å². The summed E-state index contributed by atoms with van der Waals surface area (Å²) in [6, 6.07) is 7.70. The fraction of sp³-hybridized carbons (Fsp3) is 0.462. The highest BCUT2D eigenvalue weighted by atomic mass is 16.5. The Labute approximate surface area is 107 Å². The zero-order valence-electron chi connectivity index (χ0n) is 10.8. The van der Waals surface area contributed by atoms with Crippen LogP contribution in [0.3, 0.4) is 0 Å². The van der Waals surface area contributed by atoms with Gasteiger partial charge in [-0.25, -0.2) is 5.84 Å². The zero-order chi connectivity index (χ0) is 13.4. The van der Waals surface area contributed by atoms with Crippen molar-refractivity contribution in [3.8, 4) is 5.75 Å². The summed E-state index contributed by atoms with van der Waals surface area (Å²) in [5, 5.41) is 0. The van der Waals surface area contributed by atoms with Crippen molar-refractivity contribution in [1.82, 2.24) is 5.43 Å². The summed E-state index contributed by atoms with van der Waals surface area (Å²) in [6.07, 6.45) is 1.05. The third kappa shape index (κ3) is 5.16. The maximum absolute atomic E-state index is 11.0. The Morgan fingerprint density at radius 3 is 2.61 bits per heavy atom. The molecule has 0 radical (unpaired) electrons. The van der Waals surface area contributed by atoms with Crippen molar-refractivity contribution >= 4 is 5.91 Å². The van der Waals surface area contributed by atoms with Gasteiger partial charge in [-0.2, -0.15) is 0 Å². The highest BCUT2D eigenvalue weighted by molar-refractivity contribution is 5.75. The number of nitrogens with two attached hydrogens (primary N) is 1. The molecule has 100 valence electrons. The molecule has 0 spiro atoms. The molecule has 1 aromatic rings. The minimum atomic E-state index is -0.171. The van der Waals surface area contributed by atoms with Gasteiger partial charge in [0.2, 0.25) is 5.91 Å². The van der Waals surface area contributed by atoms with E-state index in [4.69, 9.17) is 15.3 Å². The van der Waals surface area contributed by atoms with Gasteiger partial charge in [-0.3, -0.25) is 10.2 Å². The number of rotatable bonds is 7. The van der Waals surface area contributed by atoms with E-state index in [1.807, 2.05) is 31.2 Å². The lowest BCUT2D eigenvalue weighted by atomic mass is 10.2. The average molecular weight is 252 g/mol. The van der Waals surface area contributed by atoms with Gasteiger partial charge in [0.25, 0.3) is 0 Å². The minimum Gasteiger partial charge on any atom is -0.497 e. The standard InChI is InChI=1S/C13H20N2O3/c1-10(3-8-13(16)15-14)18-9-11-4-6-12(17-2)7-5-11/h4-7,10H,3,8-9,14H2,1-2H3,(H,15,16). The smallest absolute Gasteiger partial charge is 0.233 e. The molecule has 1 rings (SSSR count). The zero-order valence-corrected chi connectivity index (χ0v) is 10.8. The first-order chi connectivity index (χ1) is 8.65. The Morgan fingerprint density at radius 2 is 2.06 bits per heavy atom. The van der Waals surface area contributed by atoms with Gasteiger partial charge in [0, 0.05) is 6.42 Å². The summed E-state index contributed by atoms with van der Waals surface area (Å²) in [6.45, 7) is 2.46. The molecule has 0 aliphatic heterocycles. The number of benzene rings is 1. The summed E-state index contributed by atoms with van der Waals surface area (Å²) in [5.74, 6) is 5.65. The van der Waals surface area contributed by atoms with Crippen LogP contribution in [-0.2, 0) is 16.1 Å². The van der Waals surface area contributed by atoms with Crippen LogP contribution in [0.5, 0.6) is 5.75 Å². The maximum Gasteiger partial charge on any atom is 0.233 e. The van der Waals surface area contributed by atoms with Gasteiger partial charge < -0.3 is 9.47 Å². The third-order valence-corrected chi connectivity index (χ3v) is 2.63. The Bertz CT molecular complexity index is 365. The lowest BCUT2D eigenvalue weighted by Crippen LogP contribution is -2.30. The van der Waals surface area contributed by atoms with Gasteiger partial charge in [-0.05, 0) is 31.0 Å². The van der Waals surface area contributed by atoms with E-state index in [1.165, 1.54) is 0 Å². The molecule has 1 amide bonds. The van der Waals surface area contributed by atoms with E-state index in [2.05, 4.69) is 5.43 Å². The van der Waals surface area contributed by atoms with Gasteiger partial charge in [0.1, 0.15) is 5.75 Å². The Kier molecular flexibility index (Phi) is 6.18. The molecule has 5 nitrogen and oxygen atoms in total. The van der Waals surface area contributed by atoms with Crippen LogP contribution >= 0.6 is 0 Å².